The Morgan fingerprint density at radius 1 is 1.00 bits per heavy atom. The van der Waals surface area contributed by atoms with E-state index in [2.05, 4.69) is 15.0 Å². The largest absolute Gasteiger partial charge is 0.463 e. The molecule has 0 unspecified atom stereocenters. The fraction of sp³-hybridized carbons (Fsp3) is 0.733. The highest BCUT2D eigenvalue weighted by atomic mass is 16.6. The molecule has 0 spiro atoms. The molecule has 1 fully saturated rings. The number of ether oxygens (including phenoxy) is 4. The van der Waals surface area contributed by atoms with E-state index in [1.54, 1.807) is 13.8 Å². The van der Waals surface area contributed by atoms with Crippen molar-refractivity contribution in [3.8, 4) is 0 Å². The molecule has 1 heterocycles. The van der Waals surface area contributed by atoms with Crippen LogP contribution in [-0.2, 0) is 33.3 Å². The van der Waals surface area contributed by atoms with Crippen molar-refractivity contribution in [3.63, 3.8) is 0 Å². The van der Waals surface area contributed by atoms with Gasteiger partial charge in [-0.25, -0.2) is 0 Å². The number of nitrogens with zero attached hydrogens (tertiary/aromatic N) is 4. The molecule has 144 valence electrons. The van der Waals surface area contributed by atoms with Gasteiger partial charge < -0.3 is 18.9 Å². The van der Waals surface area contributed by atoms with Crippen LogP contribution in [-0.4, -0.2) is 60.8 Å². The highest BCUT2D eigenvalue weighted by Gasteiger charge is 2.50. The third-order valence-electron chi connectivity index (χ3n) is 3.26. The second kappa shape index (κ2) is 9.73. The molecule has 0 aromatic rings. The van der Waals surface area contributed by atoms with E-state index in [9.17, 15) is 14.4 Å². The van der Waals surface area contributed by atoms with Gasteiger partial charge in [-0.2, -0.15) is 0 Å². The summed E-state index contributed by atoms with van der Waals surface area (Å²) < 4.78 is 21.1. The van der Waals surface area contributed by atoms with Gasteiger partial charge >= 0.3 is 17.9 Å². The molecule has 5 atom stereocenters. The summed E-state index contributed by atoms with van der Waals surface area (Å²) in [6.45, 7) is 6.67. The molecule has 11 heteroatoms. The molecule has 0 aromatic heterocycles. The Morgan fingerprint density at radius 3 is 2.04 bits per heavy atom. The maximum absolute atomic E-state index is 11.6. The van der Waals surface area contributed by atoms with Crippen LogP contribution in [0.15, 0.2) is 10.1 Å². The van der Waals surface area contributed by atoms with Crippen molar-refractivity contribution in [1.29, 1.82) is 0 Å². The lowest BCUT2D eigenvalue weighted by atomic mass is 9.95. The summed E-state index contributed by atoms with van der Waals surface area (Å²) in [5.41, 5.74) is 9.41. The first-order valence-electron chi connectivity index (χ1n) is 7.84. The van der Waals surface area contributed by atoms with E-state index in [4.69, 9.17) is 24.5 Å². The number of rotatable bonds is 6. The summed E-state index contributed by atoms with van der Waals surface area (Å²) in [7, 11) is 0. The van der Waals surface area contributed by atoms with Gasteiger partial charge in [0.05, 0.1) is 0 Å². The minimum Gasteiger partial charge on any atom is -0.463 e. The van der Waals surface area contributed by atoms with Crippen LogP contribution in [0.5, 0.6) is 0 Å². The summed E-state index contributed by atoms with van der Waals surface area (Å²) >= 11 is 0. The average Bonchev–Trinajstić information content (AvgIpc) is 2.50. The normalized spacial score (nSPS) is 27.5. The zero-order valence-electron chi connectivity index (χ0n) is 15.2. The predicted octanol–water partition coefficient (Wildman–Crippen LogP) is 1.30. The van der Waals surface area contributed by atoms with Crippen LogP contribution < -0.4 is 0 Å². The van der Waals surface area contributed by atoms with E-state index in [0.717, 1.165) is 0 Å². The zero-order valence-corrected chi connectivity index (χ0v) is 15.2. The molecule has 1 aliphatic heterocycles. The van der Waals surface area contributed by atoms with Crippen LogP contribution in [0.2, 0.25) is 0 Å². The van der Waals surface area contributed by atoms with E-state index < -0.39 is 48.5 Å². The molecular weight excluding hydrogens is 348 g/mol. The summed E-state index contributed by atoms with van der Waals surface area (Å²) in [6, 6.07) is -0.933. The molecule has 0 bridgehead atoms. The van der Waals surface area contributed by atoms with Crippen molar-refractivity contribution in [2.24, 2.45) is 10.1 Å². The van der Waals surface area contributed by atoms with Gasteiger partial charge in [0.25, 0.3) is 0 Å². The van der Waals surface area contributed by atoms with E-state index >= 15 is 0 Å². The number of carbonyl (C=O) groups is 3. The number of hydrogen-bond donors (Lipinski definition) is 0. The Bertz CT molecular complexity index is 625. The molecule has 26 heavy (non-hydrogen) atoms. The molecule has 0 aliphatic carbocycles. The van der Waals surface area contributed by atoms with Crippen molar-refractivity contribution < 1.29 is 33.3 Å². The van der Waals surface area contributed by atoms with Gasteiger partial charge in [0, 0.05) is 31.4 Å². The van der Waals surface area contributed by atoms with Gasteiger partial charge in [-0.1, -0.05) is 5.11 Å². The van der Waals surface area contributed by atoms with Crippen molar-refractivity contribution in [2.45, 2.75) is 65.2 Å². The lowest BCUT2D eigenvalue weighted by Gasteiger charge is -2.42. The van der Waals surface area contributed by atoms with Crippen molar-refractivity contribution in [2.75, 3.05) is 6.61 Å². The van der Waals surface area contributed by atoms with Crippen LogP contribution in [0, 0.1) is 0 Å². The first kappa shape index (κ1) is 21.4. The molecule has 0 saturated carbocycles. The maximum Gasteiger partial charge on any atom is 0.303 e. The Hall–Kier alpha value is -2.65. The van der Waals surface area contributed by atoms with Crippen molar-refractivity contribution >= 4 is 23.6 Å². The van der Waals surface area contributed by atoms with Crippen LogP contribution in [0.1, 0.15) is 34.6 Å². The van der Waals surface area contributed by atoms with Crippen LogP contribution in [0.3, 0.4) is 0 Å². The molecule has 0 amide bonds. The van der Waals surface area contributed by atoms with E-state index in [1.165, 1.54) is 20.8 Å². The lowest BCUT2D eigenvalue weighted by molar-refractivity contribution is -0.219. The summed E-state index contributed by atoms with van der Waals surface area (Å²) in [4.78, 5) is 41.2. The second-order valence-electron chi connectivity index (χ2n) is 5.79. The van der Waals surface area contributed by atoms with Crippen molar-refractivity contribution in [3.05, 3.63) is 10.4 Å². The second-order valence-corrected chi connectivity index (χ2v) is 5.79. The van der Waals surface area contributed by atoms with E-state index in [1.807, 2.05) is 0 Å². The minimum atomic E-state index is -1.15. The monoisotopic (exact) mass is 370 g/mol. The zero-order chi connectivity index (χ0) is 19.9. The predicted molar refractivity (Wildman–Crippen MR) is 88.1 cm³/mol. The van der Waals surface area contributed by atoms with Gasteiger partial charge in [0.1, 0.15) is 18.8 Å². The molecule has 1 aliphatic rings. The van der Waals surface area contributed by atoms with E-state index in [0.29, 0.717) is 5.71 Å². The van der Waals surface area contributed by atoms with E-state index in [-0.39, 0.29) is 6.61 Å². The minimum absolute atomic E-state index is 0.288. The van der Waals surface area contributed by atoms with Crippen LogP contribution in [0.4, 0.5) is 0 Å². The Kier molecular flexibility index (Phi) is 8.01. The summed E-state index contributed by atoms with van der Waals surface area (Å²) in [5, 5.41) is 3.55. The molecular formula is C15H22N4O7. The number of aliphatic imine (C=N–C) groups is 1. The third-order valence-corrected chi connectivity index (χ3v) is 3.26. The average molecular weight is 370 g/mol. The SMILES string of the molecule is CC(=O)OC[C@H]1O[C@@H](N=[N+]=[N-])[C@H](N=C(C)C)[C@@H](OC(C)=O)[C@@H]1OC(C)=O. The van der Waals surface area contributed by atoms with Crippen molar-refractivity contribution in [1.82, 2.24) is 0 Å². The molecule has 0 aromatic carbocycles. The Balaban J connectivity index is 3.33. The molecule has 11 nitrogen and oxygen atoms in total. The Morgan fingerprint density at radius 2 is 1.58 bits per heavy atom. The number of esters is 3. The molecule has 1 saturated heterocycles. The first-order chi connectivity index (χ1) is 12.1. The number of azide groups is 1. The topological polar surface area (TPSA) is 149 Å². The highest BCUT2D eigenvalue weighted by Crippen LogP contribution is 2.30. The number of carbonyl (C=O) groups excluding carboxylic acids is 3. The molecule has 0 radical (unpaired) electrons. The van der Waals surface area contributed by atoms with Gasteiger partial charge in [-0.15, -0.1) is 0 Å². The van der Waals surface area contributed by atoms with Gasteiger partial charge in [-0.05, 0) is 19.4 Å². The first-order valence-corrected chi connectivity index (χ1v) is 7.84. The lowest BCUT2D eigenvalue weighted by Crippen LogP contribution is -2.60. The van der Waals surface area contributed by atoms with Gasteiger partial charge in [0.15, 0.2) is 18.4 Å². The smallest absolute Gasteiger partial charge is 0.303 e. The fourth-order valence-corrected chi connectivity index (χ4v) is 2.48. The standard InChI is InChI=1S/C15H22N4O7/c1-7(2)17-12-14(25-10(5)22)13(24-9(4)21)11(6-23-8(3)20)26-15(12)18-19-16/h11-15H,6H2,1-5H3/t11-,12-,13-,14-,15-/m1/s1. The number of hydrogen-bond acceptors (Lipinski definition) is 9. The molecule has 1 rings (SSSR count). The quantitative estimate of drug-likeness (QED) is 0.171. The maximum atomic E-state index is 11.6. The summed E-state index contributed by atoms with van der Waals surface area (Å²) in [6.07, 6.45) is -4.34. The third kappa shape index (κ3) is 6.34. The van der Waals surface area contributed by atoms with Crippen LogP contribution >= 0.6 is 0 Å². The Labute approximate surface area is 150 Å². The highest BCUT2D eigenvalue weighted by molar-refractivity contribution is 5.79. The summed E-state index contributed by atoms with van der Waals surface area (Å²) in [5.74, 6) is -1.88. The fourth-order valence-electron chi connectivity index (χ4n) is 2.48. The van der Waals surface area contributed by atoms with Gasteiger partial charge in [0.2, 0.25) is 0 Å². The van der Waals surface area contributed by atoms with Crippen LogP contribution in [0.25, 0.3) is 10.4 Å². The molecule has 0 N–H and O–H groups in total. The van der Waals surface area contributed by atoms with Gasteiger partial charge in [-0.3, -0.25) is 19.4 Å².